The van der Waals surface area contributed by atoms with Crippen molar-refractivity contribution in [3.8, 4) is 0 Å². The molecule has 0 saturated heterocycles. The Morgan fingerprint density at radius 2 is 1.69 bits per heavy atom. The van der Waals surface area contributed by atoms with Crippen molar-refractivity contribution >= 4 is 11.7 Å². The minimum Gasteiger partial charge on any atom is -0.345 e. The van der Waals surface area contributed by atoms with Crippen LogP contribution in [0.3, 0.4) is 0 Å². The van der Waals surface area contributed by atoms with Gasteiger partial charge in [-0.15, -0.1) is 0 Å². The third-order valence-electron chi connectivity index (χ3n) is 1.76. The number of carbonyl (C=O) groups excluding carboxylic acids is 2. The van der Waals surface area contributed by atoms with E-state index < -0.39 is 17.9 Å². The van der Waals surface area contributed by atoms with Gasteiger partial charge in [-0.05, 0) is 5.56 Å². The van der Waals surface area contributed by atoms with Crippen LogP contribution in [-0.2, 0) is 16.1 Å². The highest BCUT2D eigenvalue weighted by Gasteiger charge is 2.43. The zero-order valence-corrected chi connectivity index (χ0v) is 8.04. The topological polar surface area (TPSA) is 46.2 Å². The van der Waals surface area contributed by atoms with Crippen LogP contribution in [0.15, 0.2) is 30.3 Å². The van der Waals surface area contributed by atoms with Crippen LogP contribution in [0.5, 0.6) is 0 Å². The average molecular weight is 231 g/mol. The Morgan fingerprint density at radius 1 is 1.12 bits per heavy atom. The number of halogens is 3. The first-order valence-corrected chi connectivity index (χ1v) is 4.34. The molecular formula is C10H8F3NO2. The molecule has 0 bridgehead atoms. The third-order valence-corrected chi connectivity index (χ3v) is 1.76. The van der Waals surface area contributed by atoms with Gasteiger partial charge in [-0.25, -0.2) is 0 Å². The van der Waals surface area contributed by atoms with Crippen molar-refractivity contribution in [1.29, 1.82) is 0 Å². The highest BCUT2D eigenvalue weighted by Crippen LogP contribution is 2.15. The lowest BCUT2D eigenvalue weighted by atomic mass is 10.2. The summed E-state index contributed by atoms with van der Waals surface area (Å²) in [6.07, 6.45) is -5.12. The Bertz CT molecular complexity index is 387. The van der Waals surface area contributed by atoms with Crippen molar-refractivity contribution in [3.63, 3.8) is 0 Å². The minimum atomic E-state index is -5.12. The van der Waals surface area contributed by atoms with E-state index in [0.29, 0.717) is 5.56 Å². The number of benzene rings is 1. The van der Waals surface area contributed by atoms with E-state index in [1.165, 1.54) is 0 Å². The second kappa shape index (κ2) is 4.78. The quantitative estimate of drug-likeness (QED) is 0.800. The second-order valence-corrected chi connectivity index (χ2v) is 3.00. The lowest BCUT2D eigenvalue weighted by Crippen LogP contribution is -2.39. The van der Waals surface area contributed by atoms with Crippen molar-refractivity contribution in [2.45, 2.75) is 12.7 Å². The molecule has 0 fully saturated rings. The standard InChI is InChI=1S/C10H8F3NO2/c11-10(12,13)8(15)9(16)14-6-7-4-2-1-3-5-7/h1-5H,6H2,(H,14,16). The van der Waals surface area contributed by atoms with Gasteiger partial charge in [0.25, 0.3) is 5.91 Å². The molecule has 3 nitrogen and oxygen atoms in total. The van der Waals surface area contributed by atoms with Crippen molar-refractivity contribution in [2.24, 2.45) is 0 Å². The predicted molar refractivity (Wildman–Crippen MR) is 49.4 cm³/mol. The molecule has 16 heavy (non-hydrogen) atoms. The Balaban J connectivity index is 2.51. The van der Waals surface area contributed by atoms with Crippen LogP contribution in [0.2, 0.25) is 0 Å². The molecule has 0 radical (unpaired) electrons. The maximum Gasteiger partial charge on any atom is 0.460 e. The zero-order chi connectivity index (χ0) is 12.2. The fourth-order valence-corrected chi connectivity index (χ4v) is 0.987. The summed E-state index contributed by atoms with van der Waals surface area (Å²) in [5, 5.41) is 1.90. The number of nitrogens with one attached hydrogen (secondary N) is 1. The molecule has 0 aliphatic heterocycles. The van der Waals surface area contributed by atoms with Gasteiger partial charge in [-0.3, -0.25) is 9.59 Å². The third kappa shape index (κ3) is 3.38. The van der Waals surface area contributed by atoms with Crippen molar-refractivity contribution in [3.05, 3.63) is 35.9 Å². The van der Waals surface area contributed by atoms with Gasteiger partial charge in [0.1, 0.15) is 0 Å². The SMILES string of the molecule is O=C(NCc1ccccc1)C(=O)C(F)(F)F. The predicted octanol–water partition coefficient (Wildman–Crippen LogP) is 1.43. The average Bonchev–Trinajstić information content (AvgIpc) is 2.25. The molecule has 86 valence electrons. The molecule has 1 rings (SSSR count). The van der Waals surface area contributed by atoms with Crippen LogP contribution in [0.1, 0.15) is 5.56 Å². The molecule has 0 aromatic heterocycles. The van der Waals surface area contributed by atoms with E-state index in [0.717, 1.165) is 0 Å². The van der Waals surface area contributed by atoms with E-state index >= 15 is 0 Å². The van der Waals surface area contributed by atoms with Gasteiger partial charge in [0.2, 0.25) is 0 Å². The summed E-state index contributed by atoms with van der Waals surface area (Å²) in [5.41, 5.74) is 0.617. The van der Waals surface area contributed by atoms with Crippen LogP contribution in [0.4, 0.5) is 13.2 Å². The number of hydrogen-bond donors (Lipinski definition) is 1. The van der Waals surface area contributed by atoms with Gasteiger partial charge in [-0.1, -0.05) is 30.3 Å². The van der Waals surface area contributed by atoms with Gasteiger partial charge in [-0.2, -0.15) is 13.2 Å². The minimum absolute atomic E-state index is 0.110. The monoisotopic (exact) mass is 231 g/mol. The summed E-state index contributed by atoms with van der Waals surface area (Å²) in [4.78, 5) is 21.2. The molecule has 0 aliphatic rings. The summed E-state index contributed by atoms with van der Waals surface area (Å²) >= 11 is 0. The number of carbonyl (C=O) groups is 2. The summed E-state index contributed by atoms with van der Waals surface area (Å²) in [5.74, 6) is -4.03. The molecule has 0 spiro atoms. The summed E-state index contributed by atoms with van der Waals surface area (Å²) in [6, 6.07) is 8.32. The number of Topliss-reactive ketones (excluding diaryl/α,β-unsaturated/α-hetero) is 1. The number of alkyl halides is 3. The number of hydrogen-bond acceptors (Lipinski definition) is 2. The smallest absolute Gasteiger partial charge is 0.345 e. The fourth-order valence-electron chi connectivity index (χ4n) is 0.987. The van der Waals surface area contributed by atoms with Crippen LogP contribution >= 0.6 is 0 Å². The maximum absolute atomic E-state index is 11.8. The highest BCUT2D eigenvalue weighted by atomic mass is 19.4. The Labute approximate surface area is 89.3 Å². The van der Waals surface area contributed by atoms with Crippen LogP contribution < -0.4 is 5.32 Å². The lowest BCUT2D eigenvalue weighted by molar-refractivity contribution is -0.175. The van der Waals surface area contributed by atoms with E-state index in [1.807, 2.05) is 5.32 Å². The summed E-state index contributed by atoms with van der Waals surface area (Å²) < 4.78 is 35.4. The fraction of sp³-hybridized carbons (Fsp3) is 0.200. The first kappa shape index (κ1) is 12.2. The lowest BCUT2D eigenvalue weighted by Gasteiger charge is -2.06. The first-order valence-electron chi connectivity index (χ1n) is 4.34. The molecule has 1 amide bonds. The van der Waals surface area contributed by atoms with Crippen molar-refractivity contribution < 1.29 is 22.8 Å². The molecular weight excluding hydrogens is 223 g/mol. The maximum atomic E-state index is 11.8. The molecule has 1 aromatic rings. The molecule has 6 heteroatoms. The van der Waals surface area contributed by atoms with Crippen LogP contribution in [0.25, 0.3) is 0 Å². The Kier molecular flexibility index (Phi) is 3.65. The Hall–Kier alpha value is -1.85. The highest BCUT2D eigenvalue weighted by molar-refractivity contribution is 6.38. The zero-order valence-electron chi connectivity index (χ0n) is 8.04. The van der Waals surface area contributed by atoms with Gasteiger partial charge in [0.05, 0.1) is 0 Å². The first-order chi connectivity index (χ1) is 7.41. The summed E-state index contributed by atoms with van der Waals surface area (Å²) in [7, 11) is 0. The van der Waals surface area contributed by atoms with E-state index in [9.17, 15) is 22.8 Å². The Morgan fingerprint density at radius 3 is 2.19 bits per heavy atom. The van der Waals surface area contributed by atoms with Gasteiger partial charge >= 0.3 is 12.0 Å². The number of amides is 1. The molecule has 0 saturated carbocycles. The van der Waals surface area contributed by atoms with E-state index in [-0.39, 0.29) is 6.54 Å². The number of rotatable bonds is 3. The van der Waals surface area contributed by atoms with Crippen molar-refractivity contribution in [1.82, 2.24) is 5.32 Å². The largest absolute Gasteiger partial charge is 0.460 e. The van der Waals surface area contributed by atoms with E-state index in [4.69, 9.17) is 0 Å². The van der Waals surface area contributed by atoms with Crippen molar-refractivity contribution in [2.75, 3.05) is 0 Å². The van der Waals surface area contributed by atoms with E-state index in [1.54, 1.807) is 30.3 Å². The molecule has 0 aliphatic carbocycles. The van der Waals surface area contributed by atoms with Gasteiger partial charge < -0.3 is 5.32 Å². The van der Waals surface area contributed by atoms with Gasteiger partial charge in [0.15, 0.2) is 0 Å². The van der Waals surface area contributed by atoms with Crippen LogP contribution in [0, 0.1) is 0 Å². The molecule has 1 aromatic carbocycles. The summed E-state index contributed by atoms with van der Waals surface area (Å²) in [6.45, 7) is -0.110. The van der Waals surface area contributed by atoms with Crippen LogP contribution in [-0.4, -0.2) is 17.9 Å². The number of ketones is 1. The van der Waals surface area contributed by atoms with Gasteiger partial charge in [0, 0.05) is 6.54 Å². The molecule has 0 atom stereocenters. The van der Waals surface area contributed by atoms with E-state index in [2.05, 4.69) is 0 Å². The second-order valence-electron chi connectivity index (χ2n) is 3.00. The normalized spacial score (nSPS) is 10.9. The molecule has 1 N–H and O–H groups in total. The molecule has 0 unspecified atom stereocenters. The molecule has 0 heterocycles.